The molecule has 0 saturated heterocycles. The summed E-state index contributed by atoms with van der Waals surface area (Å²) < 4.78 is 0. The summed E-state index contributed by atoms with van der Waals surface area (Å²) in [5.74, 6) is 0. The molecule has 0 radical (unpaired) electrons. The number of nitrogens with one attached hydrogen (secondary N) is 1. The first-order valence-corrected chi connectivity index (χ1v) is 4.51. The molecular weight excluding hydrogens is 166 g/mol. The third-order valence-corrected chi connectivity index (χ3v) is 2.33. The zero-order valence-corrected chi connectivity index (χ0v) is 7.35. The third kappa shape index (κ3) is 2.23. The summed E-state index contributed by atoms with van der Waals surface area (Å²) in [6, 6.07) is 2.35. The molecule has 2 rings (SSSR count). The van der Waals surface area contributed by atoms with Crippen LogP contribution in [0.15, 0.2) is 18.6 Å². The van der Waals surface area contributed by atoms with E-state index >= 15 is 0 Å². The van der Waals surface area contributed by atoms with Gasteiger partial charge in [-0.15, -0.1) is 0 Å². The second kappa shape index (κ2) is 3.81. The lowest BCUT2D eigenvalue weighted by molar-refractivity contribution is 0.0618. The minimum atomic E-state index is -0.0945. The van der Waals surface area contributed by atoms with Crippen molar-refractivity contribution >= 4 is 0 Å². The van der Waals surface area contributed by atoms with E-state index in [1.54, 1.807) is 12.5 Å². The normalized spacial score (nSPS) is 26.8. The molecule has 0 amide bonds. The van der Waals surface area contributed by atoms with Crippen molar-refractivity contribution in [2.75, 3.05) is 0 Å². The van der Waals surface area contributed by atoms with Gasteiger partial charge in [-0.1, -0.05) is 0 Å². The van der Waals surface area contributed by atoms with Crippen LogP contribution in [0.4, 0.5) is 0 Å². The van der Waals surface area contributed by atoms with E-state index in [1.165, 1.54) is 0 Å². The molecule has 1 aliphatic carbocycles. The Morgan fingerprint density at radius 1 is 1.54 bits per heavy atom. The van der Waals surface area contributed by atoms with Crippen LogP contribution in [0.5, 0.6) is 0 Å². The highest BCUT2D eigenvalue weighted by Gasteiger charge is 2.26. The van der Waals surface area contributed by atoms with E-state index < -0.39 is 0 Å². The largest absolute Gasteiger partial charge is 0.393 e. The van der Waals surface area contributed by atoms with Crippen molar-refractivity contribution in [2.24, 2.45) is 0 Å². The van der Waals surface area contributed by atoms with Gasteiger partial charge in [-0.2, -0.15) is 0 Å². The Bertz CT molecular complexity index is 259. The first-order valence-electron chi connectivity index (χ1n) is 4.51. The minimum absolute atomic E-state index is 0.0945. The maximum absolute atomic E-state index is 9.05. The summed E-state index contributed by atoms with van der Waals surface area (Å²) in [5, 5.41) is 12.4. The van der Waals surface area contributed by atoms with Crippen molar-refractivity contribution in [1.82, 2.24) is 15.3 Å². The summed E-state index contributed by atoms with van der Waals surface area (Å²) in [5.41, 5.74) is 0.997. The van der Waals surface area contributed by atoms with Gasteiger partial charge < -0.3 is 10.4 Å². The van der Waals surface area contributed by atoms with Crippen molar-refractivity contribution in [2.45, 2.75) is 31.5 Å². The molecule has 0 unspecified atom stereocenters. The van der Waals surface area contributed by atoms with Crippen LogP contribution in [0.2, 0.25) is 0 Å². The van der Waals surface area contributed by atoms with Gasteiger partial charge in [0.25, 0.3) is 0 Å². The zero-order chi connectivity index (χ0) is 9.10. The molecule has 4 nitrogen and oxygen atoms in total. The van der Waals surface area contributed by atoms with Crippen molar-refractivity contribution < 1.29 is 5.11 Å². The number of aromatic nitrogens is 2. The molecule has 1 fully saturated rings. The predicted molar refractivity (Wildman–Crippen MR) is 47.9 cm³/mol. The van der Waals surface area contributed by atoms with E-state index in [0.717, 1.165) is 25.1 Å². The summed E-state index contributed by atoms with van der Waals surface area (Å²) in [4.78, 5) is 7.93. The number of hydrogen-bond donors (Lipinski definition) is 2. The molecule has 2 N–H and O–H groups in total. The fourth-order valence-electron chi connectivity index (χ4n) is 1.43. The summed E-state index contributed by atoms with van der Waals surface area (Å²) in [7, 11) is 0. The van der Waals surface area contributed by atoms with E-state index in [-0.39, 0.29) is 6.10 Å². The Morgan fingerprint density at radius 3 is 3.00 bits per heavy atom. The molecule has 1 aromatic rings. The predicted octanol–water partition coefficient (Wildman–Crippen LogP) is 0.0895. The van der Waals surface area contributed by atoms with Crippen LogP contribution in [-0.2, 0) is 6.54 Å². The highest BCUT2D eigenvalue weighted by Crippen LogP contribution is 2.19. The number of aliphatic hydroxyl groups is 1. The van der Waals surface area contributed by atoms with Gasteiger partial charge in [0.05, 0.1) is 11.8 Å². The lowest BCUT2D eigenvalue weighted by atomic mass is 9.89. The first-order chi connectivity index (χ1) is 6.34. The summed E-state index contributed by atoms with van der Waals surface area (Å²) in [6.45, 7) is 0.764. The van der Waals surface area contributed by atoms with Crippen LogP contribution >= 0.6 is 0 Å². The molecule has 0 spiro atoms. The van der Waals surface area contributed by atoms with Crippen LogP contribution in [-0.4, -0.2) is 27.2 Å². The molecule has 1 aliphatic rings. The van der Waals surface area contributed by atoms with Gasteiger partial charge in [-0.3, -0.25) is 0 Å². The smallest absolute Gasteiger partial charge is 0.115 e. The van der Waals surface area contributed by atoms with E-state index in [4.69, 9.17) is 5.11 Å². The Morgan fingerprint density at radius 2 is 2.38 bits per heavy atom. The highest BCUT2D eigenvalue weighted by atomic mass is 16.3. The summed E-state index contributed by atoms with van der Waals surface area (Å²) in [6.07, 6.45) is 4.92. The Kier molecular flexibility index (Phi) is 2.52. The highest BCUT2D eigenvalue weighted by molar-refractivity contribution is 4.98. The molecule has 4 heteroatoms. The monoisotopic (exact) mass is 179 g/mol. The van der Waals surface area contributed by atoms with Gasteiger partial charge in [-0.25, -0.2) is 9.97 Å². The standard InChI is InChI=1S/C9H13N3O/c13-9-3-8(4-9)11-5-7-1-2-10-6-12-7/h1-2,6,8-9,11,13H,3-5H2. The molecule has 1 heterocycles. The van der Waals surface area contributed by atoms with Crippen LogP contribution in [0.25, 0.3) is 0 Å². The van der Waals surface area contributed by atoms with E-state index in [0.29, 0.717) is 6.04 Å². The molecule has 1 saturated carbocycles. The van der Waals surface area contributed by atoms with Gasteiger partial charge in [-0.05, 0) is 18.9 Å². The molecule has 0 aliphatic heterocycles. The second-order valence-corrected chi connectivity index (χ2v) is 3.40. The van der Waals surface area contributed by atoms with Crippen molar-refractivity contribution in [3.63, 3.8) is 0 Å². The van der Waals surface area contributed by atoms with Crippen molar-refractivity contribution in [3.8, 4) is 0 Å². The van der Waals surface area contributed by atoms with Crippen LogP contribution in [0, 0.1) is 0 Å². The van der Waals surface area contributed by atoms with Crippen LogP contribution < -0.4 is 5.32 Å². The van der Waals surface area contributed by atoms with Crippen LogP contribution in [0.3, 0.4) is 0 Å². The molecule has 0 bridgehead atoms. The number of aliphatic hydroxyl groups excluding tert-OH is 1. The van der Waals surface area contributed by atoms with Gasteiger partial charge >= 0.3 is 0 Å². The number of rotatable bonds is 3. The maximum atomic E-state index is 9.05. The minimum Gasteiger partial charge on any atom is -0.393 e. The second-order valence-electron chi connectivity index (χ2n) is 3.40. The number of nitrogens with zero attached hydrogens (tertiary/aromatic N) is 2. The Balaban J connectivity index is 1.74. The Labute approximate surface area is 77.0 Å². The molecular formula is C9H13N3O. The summed E-state index contributed by atoms with van der Waals surface area (Å²) >= 11 is 0. The molecule has 13 heavy (non-hydrogen) atoms. The lowest BCUT2D eigenvalue weighted by Gasteiger charge is -2.32. The molecule has 70 valence electrons. The van der Waals surface area contributed by atoms with E-state index in [1.807, 2.05) is 6.07 Å². The van der Waals surface area contributed by atoms with Crippen LogP contribution in [0.1, 0.15) is 18.5 Å². The van der Waals surface area contributed by atoms with Crippen molar-refractivity contribution in [1.29, 1.82) is 0 Å². The quantitative estimate of drug-likeness (QED) is 0.690. The van der Waals surface area contributed by atoms with Crippen molar-refractivity contribution in [3.05, 3.63) is 24.3 Å². The van der Waals surface area contributed by atoms with Gasteiger partial charge in [0, 0.05) is 18.8 Å². The zero-order valence-electron chi connectivity index (χ0n) is 7.35. The maximum Gasteiger partial charge on any atom is 0.115 e. The average molecular weight is 179 g/mol. The lowest BCUT2D eigenvalue weighted by Crippen LogP contribution is -2.43. The molecule has 1 aromatic heterocycles. The average Bonchev–Trinajstić information content (AvgIpc) is 2.12. The first kappa shape index (κ1) is 8.59. The van der Waals surface area contributed by atoms with Gasteiger partial charge in [0.1, 0.15) is 6.33 Å². The fourth-order valence-corrected chi connectivity index (χ4v) is 1.43. The van der Waals surface area contributed by atoms with E-state index in [9.17, 15) is 0 Å². The topological polar surface area (TPSA) is 58.0 Å². The molecule has 0 atom stereocenters. The molecule has 0 aromatic carbocycles. The third-order valence-electron chi connectivity index (χ3n) is 2.33. The van der Waals surface area contributed by atoms with E-state index in [2.05, 4.69) is 15.3 Å². The number of hydrogen-bond acceptors (Lipinski definition) is 4. The SMILES string of the molecule is OC1CC(NCc2ccncn2)C1. The van der Waals surface area contributed by atoms with Gasteiger partial charge in [0.15, 0.2) is 0 Å². The fraction of sp³-hybridized carbons (Fsp3) is 0.556. The van der Waals surface area contributed by atoms with Gasteiger partial charge in [0.2, 0.25) is 0 Å². The Hall–Kier alpha value is -1.00.